The highest BCUT2D eigenvalue weighted by Crippen LogP contribution is 2.30. The number of hydrogen-bond donors (Lipinski definition) is 2. The molecule has 156 valence electrons. The molecule has 0 spiro atoms. The molecule has 1 amide bonds. The summed E-state index contributed by atoms with van der Waals surface area (Å²) in [6, 6.07) is 2.96. The predicted molar refractivity (Wildman–Crippen MR) is 110 cm³/mol. The zero-order valence-electron chi connectivity index (χ0n) is 16.6. The van der Waals surface area contributed by atoms with E-state index in [4.69, 9.17) is 0 Å². The van der Waals surface area contributed by atoms with Gasteiger partial charge in [0.1, 0.15) is 20.9 Å². The van der Waals surface area contributed by atoms with E-state index in [1.807, 2.05) is 19.9 Å². The van der Waals surface area contributed by atoms with E-state index in [1.165, 1.54) is 13.1 Å². The maximum atomic E-state index is 13.5. The van der Waals surface area contributed by atoms with Gasteiger partial charge in [0.2, 0.25) is 0 Å². The van der Waals surface area contributed by atoms with Crippen molar-refractivity contribution in [2.24, 2.45) is 10.3 Å². The number of likely N-dealkylation sites (N-methyl/N-ethyl adjacent to an activating group) is 1. The number of halogens is 2. The lowest BCUT2D eigenvalue weighted by atomic mass is 10.0. The minimum absolute atomic E-state index is 0.123. The number of carbonyl (C=O) groups excluding carboxylic acids is 1. The minimum Gasteiger partial charge on any atom is -0.347 e. The third-order valence-corrected chi connectivity index (χ3v) is 7.18. The van der Waals surface area contributed by atoms with E-state index >= 15 is 0 Å². The van der Waals surface area contributed by atoms with E-state index in [9.17, 15) is 17.8 Å². The van der Waals surface area contributed by atoms with E-state index in [0.717, 1.165) is 12.1 Å². The quantitative estimate of drug-likeness (QED) is 0.786. The normalized spacial score (nSPS) is 26.4. The van der Waals surface area contributed by atoms with Gasteiger partial charge in [-0.2, -0.15) is 0 Å². The van der Waals surface area contributed by atoms with Crippen molar-refractivity contribution in [3.8, 4) is 0 Å². The molecule has 0 aromatic heterocycles. The minimum atomic E-state index is -2.88. The van der Waals surface area contributed by atoms with Gasteiger partial charge < -0.3 is 10.2 Å². The van der Waals surface area contributed by atoms with Crippen LogP contribution >= 0.6 is 0 Å². The van der Waals surface area contributed by atoms with Crippen LogP contribution in [-0.2, 0) is 14.7 Å². The van der Waals surface area contributed by atoms with Gasteiger partial charge in [0.15, 0.2) is 11.6 Å². The van der Waals surface area contributed by atoms with Gasteiger partial charge in [-0.05, 0) is 24.1 Å². The number of rotatable bonds is 3. The van der Waals surface area contributed by atoms with Crippen LogP contribution in [-0.4, -0.2) is 40.4 Å². The number of carbonyl (C=O) groups is 1. The van der Waals surface area contributed by atoms with Crippen molar-refractivity contribution >= 4 is 21.5 Å². The molecule has 2 heterocycles. The molecule has 6 nitrogen and oxygen atoms in total. The molecule has 9 heteroatoms. The molecule has 2 aliphatic rings. The summed E-state index contributed by atoms with van der Waals surface area (Å²) in [6.45, 7) is 4.00. The van der Waals surface area contributed by atoms with Crippen LogP contribution in [0.4, 0.5) is 14.5 Å². The first-order valence-electron chi connectivity index (χ1n) is 9.17. The van der Waals surface area contributed by atoms with Crippen molar-refractivity contribution in [3.63, 3.8) is 0 Å². The van der Waals surface area contributed by atoms with Gasteiger partial charge in [-0.15, -0.1) is 0 Å². The highest BCUT2D eigenvalue weighted by Gasteiger charge is 2.35. The van der Waals surface area contributed by atoms with Gasteiger partial charge in [0.25, 0.3) is 5.91 Å². The second kappa shape index (κ2) is 8.08. The molecule has 0 saturated carbocycles. The largest absolute Gasteiger partial charge is 0.347 e. The molecule has 0 fully saturated rings. The maximum absolute atomic E-state index is 13.5. The van der Waals surface area contributed by atoms with Gasteiger partial charge >= 0.3 is 0 Å². The van der Waals surface area contributed by atoms with E-state index in [0.29, 0.717) is 5.57 Å². The summed E-state index contributed by atoms with van der Waals surface area (Å²) < 4.78 is 47.5. The Hall–Kier alpha value is -2.52. The van der Waals surface area contributed by atoms with Crippen molar-refractivity contribution in [2.75, 3.05) is 19.4 Å². The lowest BCUT2D eigenvalue weighted by molar-refractivity contribution is -0.114. The number of benzene rings is 1. The lowest BCUT2D eigenvalue weighted by Crippen LogP contribution is -2.42. The van der Waals surface area contributed by atoms with Crippen molar-refractivity contribution in [3.05, 3.63) is 65.5 Å². The number of nitrogens with one attached hydrogen (secondary N) is 2. The topological polar surface area (TPSA) is 73.8 Å². The standard InChI is InChI=1S/C20H24F2N4O2S/c1-12(2)17-8-6-14-18(29(28,23-3)25-17)9-10-26(4)19(14)20(27)24-13-5-7-15(21)16(22)11-13/h5-12,17-18H,1-4H3,(H,24,27)(H,23,25,28)/t17-,18?,29?/m1/s1. The Morgan fingerprint density at radius 3 is 2.62 bits per heavy atom. The number of amides is 1. The highest BCUT2D eigenvalue weighted by atomic mass is 32.2. The molecule has 1 aromatic rings. The van der Waals surface area contributed by atoms with Crippen molar-refractivity contribution in [1.29, 1.82) is 0 Å². The van der Waals surface area contributed by atoms with Crippen LogP contribution < -0.4 is 10.0 Å². The maximum Gasteiger partial charge on any atom is 0.272 e. The van der Waals surface area contributed by atoms with Gasteiger partial charge in [-0.3, -0.25) is 4.79 Å². The predicted octanol–water partition coefficient (Wildman–Crippen LogP) is 3.18. The number of fused-ring (bicyclic) bond motifs is 1. The first-order valence-corrected chi connectivity index (χ1v) is 10.8. The molecule has 0 aliphatic carbocycles. The van der Waals surface area contributed by atoms with Crippen LogP contribution in [0, 0.1) is 17.6 Å². The monoisotopic (exact) mass is 422 g/mol. The van der Waals surface area contributed by atoms with Crippen LogP contribution in [0.5, 0.6) is 0 Å². The summed E-state index contributed by atoms with van der Waals surface area (Å²) >= 11 is 0. The molecule has 29 heavy (non-hydrogen) atoms. The molecule has 2 aliphatic heterocycles. The zero-order chi connectivity index (χ0) is 21.3. The number of anilines is 1. The Balaban J connectivity index is 2.07. The van der Waals surface area contributed by atoms with Gasteiger partial charge in [-0.25, -0.2) is 22.1 Å². The van der Waals surface area contributed by atoms with Gasteiger partial charge in [-0.1, -0.05) is 26.0 Å². The fourth-order valence-corrected chi connectivity index (χ4v) is 5.31. The average molecular weight is 423 g/mol. The average Bonchev–Trinajstić information content (AvgIpc) is 2.82. The number of nitrogens with zero attached hydrogens (tertiary/aromatic N) is 2. The molecule has 3 atom stereocenters. The Kier molecular flexibility index (Phi) is 5.90. The molecule has 0 bridgehead atoms. The highest BCUT2D eigenvalue weighted by molar-refractivity contribution is 7.92. The van der Waals surface area contributed by atoms with Crippen LogP contribution in [0.15, 0.2) is 58.3 Å². The fourth-order valence-electron chi connectivity index (χ4n) is 3.27. The molecule has 2 N–H and O–H groups in total. The number of hydrogen-bond acceptors (Lipinski definition) is 4. The van der Waals surface area contributed by atoms with Crippen LogP contribution in [0.2, 0.25) is 0 Å². The molecular weight excluding hydrogens is 398 g/mol. The summed E-state index contributed by atoms with van der Waals surface area (Å²) in [7, 11) is 0.297. The molecule has 3 rings (SSSR count). The van der Waals surface area contributed by atoms with Crippen molar-refractivity contribution < 1.29 is 17.8 Å². The van der Waals surface area contributed by atoms with Crippen LogP contribution in [0.25, 0.3) is 0 Å². The number of allylic oxidation sites excluding steroid dienone is 1. The molecule has 2 unspecified atom stereocenters. The molecule has 1 aromatic carbocycles. The smallest absolute Gasteiger partial charge is 0.272 e. The van der Waals surface area contributed by atoms with E-state index in [-0.39, 0.29) is 23.3 Å². The SMILES string of the molecule is CN=S1(=O)N[C@@H](C(C)C)C=CC2=C(C(=O)Nc3ccc(F)c(F)c3)N(C)C=CC21. The second-order valence-corrected chi connectivity index (χ2v) is 9.50. The summed E-state index contributed by atoms with van der Waals surface area (Å²) in [6.07, 6.45) is 7.08. The van der Waals surface area contributed by atoms with Gasteiger partial charge in [0, 0.05) is 43.7 Å². The van der Waals surface area contributed by atoms with E-state index in [1.54, 1.807) is 30.3 Å². The Morgan fingerprint density at radius 1 is 1.28 bits per heavy atom. The van der Waals surface area contributed by atoms with Crippen LogP contribution in [0.1, 0.15) is 13.8 Å². The third kappa shape index (κ3) is 4.11. The van der Waals surface area contributed by atoms with E-state index in [2.05, 4.69) is 14.4 Å². The van der Waals surface area contributed by atoms with Crippen LogP contribution in [0.3, 0.4) is 0 Å². The Labute approximate surface area is 169 Å². The fraction of sp³-hybridized carbons (Fsp3) is 0.350. The first-order chi connectivity index (χ1) is 13.7. The van der Waals surface area contributed by atoms with Crippen molar-refractivity contribution in [2.45, 2.75) is 25.1 Å². The summed E-state index contributed by atoms with van der Waals surface area (Å²) in [5.41, 5.74) is 0.931. The molecule has 0 radical (unpaired) electrons. The van der Waals surface area contributed by atoms with E-state index < -0.39 is 32.7 Å². The summed E-state index contributed by atoms with van der Waals surface area (Å²) in [5, 5.41) is 1.96. The Morgan fingerprint density at radius 2 is 2.00 bits per heavy atom. The van der Waals surface area contributed by atoms with Gasteiger partial charge in [0.05, 0.1) is 0 Å². The Bertz CT molecular complexity index is 1040. The summed E-state index contributed by atoms with van der Waals surface area (Å²) in [4.78, 5) is 14.6. The lowest BCUT2D eigenvalue weighted by Gasteiger charge is -2.30. The first kappa shape index (κ1) is 21.2. The summed E-state index contributed by atoms with van der Waals surface area (Å²) in [5.74, 6) is -2.41. The molecule has 0 saturated heterocycles. The third-order valence-electron chi connectivity index (χ3n) is 4.93. The molecular formula is C20H24F2N4O2S. The van der Waals surface area contributed by atoms with Crippen molar-refractivity contribution in [1.82, 2.24) is 9.62 Å². The second-order valence-electron chi connectivity index (χ2n) is 7.26. The zero-order valence-corrected chi connectivity index (χ0v) is 17.5.